The highest BCUT2D eigenvalue weighted by Gasteiger charge is 2.32. The number of rotatable bonds is 3. The number of benzene rings is 2. The molecule has 4 rings (SSSR count). The Kier molecular flexibility index (Phi) is 6.29. The molecule has 0 unspecified atom stereocenters. The van der Waals surface area contributed by atoms with Crippen molar-refractivity contribution in [1.29, 1.82) is 0 Å². The summed E-state index contributed by atoms with van der Waals surface area (Å²) in [6, 6.07) is 5.33. The highest BCUT2D eigenvalue weighted by atomic mass is 35.5. The van der Waals surface area contributed by atoms with Crippen LogP contribution in [0.25, 0.3) is 0 Å². The Bertz CT molecular complexity index is 1150. The zero-order valence-electron chi connectivity index (χ0n) is 16.8. The van der Waals surface area contributed by atoms with Crippen molar-refractivity contribution < 1.29 is 22.3 Å². The molecule has 0 aromatic heterocycles. The number of hydrogen-bond acceptors (Lipinski definition) is 4. The van der Waals surface area contributed by atoms with E-state index >= 15 is 0 Å². The lowest BCUT2D eigenvalue weighted by atomic mass is 9.97. The Labute approximate surface area is 190 Å². The number of carbonyl (C=O) groups is 1. The molecule has 0 N–H and O–H groups in total. The van der Waals surface area contributed by atoms with Crippen LogP contribution >= 0.6 is 23.2 Å². The van der Waals surface area contributed by atoms with E-state index in [0.717, 1.165) is 5.56 Å². The largest absolute Gasteiger partial charge is 0.379 e. The van der Waals surface area contributed by atoms with Gasteiger partial charge in [-0.2, -0.15) is 4.31 Å². The molecule has 2 aliphatic heterocycles. The predicted octanol–water partition coefficient (Wildman–Crippen LogP) is 4.05. The molecule has 2 aromatic carbocycles. The Balaban J connectivity index is 1.76. The van der Waals surface area contributed by atoms with E-state index in [1.807, 2.05) is 0 Å². The van der Waals surface area contributed by atoms with Crippen molar-refractivity contribution in [3.63, 3.8) is 0 Å². The minimum absolute atomic E-state index is 0.0366. The van der Waals surface area contributed by atoms with Gasteiger partial charge in [0, 0.05) is 19.6 Å². The summed E-state index contributed by atoms with van der Waals surface area (Å²) >= 11 is 12.6. The van der Waals surface area contributed by atoms with Crippen LogP contribution in [-0.2, 0) is 21.2 Å². The number of amides is 1. The molecule has 1 saturated heterocycles. The van der Waals surface area contributed by atoms with Gasteiger partial charge in [0.25, 0.3) is 5.91 Å². The van der Waals surface area contributed by atoms with Gasteiger partial charge in [0.15, 0.2) is 0 Å². The van der Waals surface area contributed by atoms with Gasteiger partial charge in [-0.25, -0.2) is 12.8 Å². The summed E-state index contributed by atoms with van der Waals surface area (Å²) < 4.78 is 46.6. The molecule has 2 aliphatic rings. The number of sulfonamides is 1. The number of anilines is 1. The van der Waals surface area contributed by atoms with E-state index in [2.05, 4.69) is 0 Å². The molecule has 31 heavy (non-hydrogen) atoms. The fourth-order valence-electron chi connectivity index (χ4n) is 4.09. The molecule has 2 heterocycles. The molecular weight excluding hydrogens is 466 g/mol. The Morgan fingerprint density at radius 3 is 2.48 bits per heavy atom. The van der Waals surface area contributed by atoms with Crippen LogP contribution in [0.4, 0.5) is 10.1 Å². The van der Waals surface area contributed by atoms with Crippen LogP contribution < -0.4 is 4.90 Å². The first kappa shape index (κ1) is 22.5. The number of aryl methyl sites for hydroxylation is 2. The lowest BCUT2D eigenvalue weighted by Gasteiger charge is -2.32. The predicted molar refractivity (Wildman–Crippen MR) is 117 cm³/mol. The molecule has 10 heteroatoms. The van der Waals surface area contributed by atoms with Gasteiger partial charge in [-0.1, -0.05) is 23.2 Å². The third-order valence-corrected chi connectivity index (χ3v) is 8.20. The van der Waals surface area contributed by atoms with Crippen LogP contribution in [-0.4, -0.2) is 51.5 Å². The minimum atomic E-state index is -3.93. The van der Waals surface area contributed by atoms with Crippen molar-refractivity contribution in [2.24, 2.45) is 0 Å². The molecule has 0 saturated carbocycles. The lowest BCUT2D eigenvalue weighted by Crippen LogP contribution is -2.41. The van der Waals surface area contributed by atoms with E-state index in [1.165, 1.54) is 33.5 Å². The van der Waals surface area contributed by atoms with Crippen molar-refractivity contribution >= 4 is 44.8 Å². The summed E-state index contributed by atoms with van der Waals surface area (Å²) in [5.74, 6) is -0.801. The summed E-state index contributed by atoms with van der Waals surface area (Å²) in [7, 11) is -3.93. The van der Waals surface area contributed by atoms with Crippen LogP contribution in [0.1, 0.15) is 27.9 Å². The van der Waals surface area contributed by atoms with Crippen LogP contribution in [0.2, 0.25) is 10.0 Å². The maximum Gasteiger partial charge on any atom is 0.259 e. The van der Waals surface area contributed by atoms with Gasteiger partial charge in [0.2, 0.25) is 10.0 Å². The van der Waals surface area contributed by atoms with Crippen LogP contribution in [0, 0.1) is 12.7 Å². The summed E-state index contributed by atoms with van der Waals surface area (Å²) in [5, 5.41) is 0.00755. The number of nitrogens with zero attached hydrogens (tertiary/aromatic N) is 2. The third kappa shape index (κ3) is 4.19. The molecule has 1 fully saturated rings. The second-order valence-electron chi connectivity index (χ2n) is 7.57. The summed E-state index contributed by atoms with van der Waals surface area (Å²) in [5.41, 5.74) is 2.05. The standard InChI is InChI=1S/C21H21Cl2FN2O4S/c1-13-9-15(24)10-14-3-2-4-26(20(13)14)21(27)16-11-19(18(23)12-17(16)22)31(28,29)25-5-7-30-8-6-25/h9-12H,2-8H2,1H3. The number of hydrogen-bond donors (Lipinski definition) is 0. The van der Waals surface area contributed by atoms with Gasteiger partial charge in [-0.15, -0.1) is 0 Å². The zero-order chi connectivity index (χ0) is 22.3. The van der Waals surface area contributed by atoms with Crippen LogP contribution in [0.15, 0.2) is 29.2 Å². The molecule has 0 atom stereocenters. The highest BCUT2D eigenvalue weighted by Crippen LogP contribution is 2.36. The molecule has 0 aliphatic carbocycles. The topological polar surface area (TPSA) is 66.9 Å². The van der Waals surface area contributed by atoms with Crippen molar-refractivity contribution in [2.75, 3.05) is 37.7 Å². The van der Waals surface area contributed by atoms with Gasteiger partial charge in [-0.3, -0.25) is 4.79 Å². The van der Waals surface area contributed by atoms with Crippen molar-refractivity contribution in [1.82, 2.24) is 4.31 Å². The van der Waals surface area contributed by atoms with Gasteiger partial charge in [-0.05, 0) is 55.2 Å². The smallest absolute Gasteiger partial charge is 0.259 e. The first-order valence-electron chi connectivity index (χ1n) is 9.88. The fraction of sp³-hybridized carbons (Fsp3) is 0.381. The Morgan fingerprint density at radius 1 is 1.06 bits per heavy atom. The van der Waals surface area contributed by atoms with E-state index < -0.39 is 15.9 Å². The van der Waals surface area contributed by atoms with Crippen molar-refractivity contribution in [3.05, 3.63) is 56.8 Å². The van der Waals surface area contributed by atoms with Crippen LogP contribution in [0.3, 0.4) is 0 Å². The van der Waals surface area contributed by atoms with Crippen molar-refractivity contribution in [3.8, 4) is 0 Å². The van der Waals surface area contributed by atoms with Gasteiger partial charge in [0.05, 0.1) is 34.5 Å². The monoisotopic (exact) mass is 486 g/mol. The fourth-order valence-corrected chi connectivity index (χ4v) is 6.32. The van der Waals surface area contributed by atoms with Crippen molar-refractivity contribution in [2.45, 2.75) is 24.7 Å². The van der Waals surface area contributed by atoms with Gasteiger partial charge in [0.1, 0.15) is 10.7 Å². The SMILES string of the molecule is Cc1cc(F)cc2c1N(C(=O)c1cc(S(=O)(=O)N3CCOCC3)c(Cl)cc1Cl)CCC2. The van der Waals surface area contributed by atoms with E-state index in [-0.39, 0.29) is 52.6 Å². The number of halogens is 3. The lowest BCUT2D eigenvalue weighted by molar-refractivity contribution is 0.0730. The Morgan fingerprint density at radius 2 is 1.77 bits per heavy atom. The molecule has 6 nitrogen and oxygen atoms in total. The molecule has 1 amide bonds. The van der Waals surface area contributed by atoms with Crippen LogP contribution in [0.5, 0.6) is 0 Å². The van der Waals surface area contributed by atoms with E-state index in [1.54, 1.807) is 6.92 Å². The maximum atomic E-state index is 13.9. The second-order valence-corrected chi connectivity index (χ2v) is 10.3. The first-order chi connectivity index (χ1) is 14.7. The van der Waals surface area contributed by atoms with Gasteiger partial charge >= 0.3 is 0 Å². The minimum Gasteiger partial charge on any atom is -0.379 e. The average molecular weight is 487 g/mol. The molecule has 0 bridgehead atoms. The molecular formula is C21H21Cl2FN2O4S. The highest BCUT2D eigenvalue weighted by molar-refractivity contribution is 7.89. The summed E-state index contributed by atoms with van der Waals surface area (Å²) in [6.07, 6.45) is 1.31. The zero-order valence-corrected chi connectivity index (χ0v) is 19.2. The van der Waals surface area contributed by atoms with E-state index in [4.69, 9.17) is 27.9 Å². The number of fused-ring (bicyclic) bond motifs is 1. The average Bonchev–Trinajstić information content (AvgIpc) is 2.73. The van der Waals surface area contributed by atoms with Gasteiger partial charge < -0.3 is 9.64 Å². The Hall–Kier alpha value is -1.71. The molecule has 2 aromatic rings. The number of carbonyl (C=O) groups excluding carboxylic acids is 1. The molecule has 0 radical (unpaired) electrons. The van der Waals surface area contributed by atoms with E-state index in [9.17, 15) is 17.6 Å². The second kappa shape index (κ2) is 8.67. The normalized spacial score (nSPS) is 17.5. The molecule has 166 valence electrons. The molecule has 0 spiro atoms. The number of morpholine rings is 1. The van der Waals surface area contributed by atoms with E-state index in [0.29, 0.717) is 30.6 Å². The summed E-state index contributed by atoms with van der Waals surface area (Å²) in [4.78, 5) is 14.8. The summed E-state index contributed by atoms with van der Waals surface area (Å²) in [6.45, 7) is 3.14. The first-order valence-corrected chi connectivity index (χ1v) is 12.1. The number of ether oxygens (including phenoxy) is 1. The maximum absolute atomic E-state index is 13.9. The quantitative estimate of drug-likeness (QED) is 0.655. The third-order valence-electron chi connectivity index (χ3n) is 5.53.